The summed E-state index contributed by atoms with van der Waals surface area (Å²) in [6.07, 6.45) is 0.920. The predicted molar refractivity (Wildman–Crippen MR) is 59.5 cm³/mol. The zero-order valence-corrected chi connectivity index (χ0v) is 9.80. The quantitative estimate of drug-likeness (QED) is 0.606. The Balaban J connectivity index is 3.52. The monoisotopic (exact) mass is 215 g/mol. The van der Waals surface area contributed by atoms with Crippen molar-refractivity contribution in [1.82, 2.24) is 15.5 Å². The molecule has 0 aromatic rings. The van der Waals surface area contributed by atoms with Gasteiger partial charge in [0.2, 0.25) is 11.8 Å². The van der Waals surface area contributed by atoms with Gasteiger partial charge >= 0.3 is 0 Å². The van der Waals surface area contributed by atoms with E-state index in [9.17, 15) is 9.59 Å². The van der Waals surface area contributed by atoms with Gasteiger partial charge in [0.25, 0.3) is 0 Å². The van der Waals surface area contributed by atoms with Gasteiger partial charge in [-0.25, -0.2) is 0 Å². The molecule has 0 radical (unpaired) electrons. The molecule has 0 rings (SSSR count). The Hall–Kier alpha value is -1.10. The molecular formula is C10H21N3O2. The molecule has 2 amide bonds. The average Bonchev–Trinajstić information content (AvgIpc) is 2.24. The van der Waals surface area contributed by atoms with Gasteiger partial charge in [-0.1, -0.05) is 6.92 Å². The summed E-state index contributed by atoms with van der Waals surface area (Å²) in [5, 5.41) is 5.53. The van der Waals surface area contributed by atoms with E-state index in [1.807, 2.05) is 13.8 Å². The minimum atomic E-state index is -0.0659. The largest absolute Gasteiger partial charge is 0.355 e. The van der Waals surface area contributed by atoms with Gasteiger partial charge in [0.1, 0.15) is 0 Å². The summed E-state index contributed by atoms with van der Waals surface area (Å²) in [6.45, 7) is 5.68. The molecule has 0 spiro atoms. The molecule has 0 aliphatic rings. The Morgan fingerprint density at radius 3 is 2.40 bits per heavy atom. The van der Waals surface area contributed by atoms with Crippen molar-refractivity contribution in [2.24, 2.45) is 0 Å². The van der Waals surface area contributed by atoms with Crippen LogP contribution in [0.5, 0.6) is 0 Å². The van der Waals surface area contributed by atoms with Gasteiger partial charge in [-0.2, -0.15) is 0 Å². The molecule has 2 N–H and O–H groups in total. The van der Waals surface area contributed by atoms with E-state index in [1.54, 1.807) is 11.9 Å². The second-order valence-corrected chi connectivity index (χ2v) is 3.36. The van der Waals surface area contributed by atoms with E-state index in [-0.39, 0.29) is 24.9 Å². The molecule has 0 aromatic carbocycles. The molecule has 0 unspecified atom stereocenters. The number of nitrogens with one attached hydrogen (secondary N) is 2. The zero-order chi connectivity index (χ0) is 11.7. The van der Waals surface area contributed by atoms with Crippen LogP contribution in [0.25, 0.3) is 0 Å². The van der Waals surface area contributed by atoms with Crippen LogP contribution in [0.2, 0.25) is 0 Å². The van der Waals surface area contributed by atoms with Gasteiger partial charge in [0.15, 0.2) is 0 Å². The van der Waals surface area contributed by atoms with E-state index < -0.39 is 0 Å². The molecule has 0 bridgehead atoms. The van der Waals surface area contributed by atoms with Crippen LogP contribution >= 0.6 is 0 Å². The lowest BCUT2D eigenvalue weighted by molar-refractivity contribution is -0.128. The minimum Gasteiger partial charge on any atom is -0.355 e. The summed E-state index contributed by atoms with van der Waals surface area (Å²) < 4.78 is 0. The normalized spacial score (nSPS) is 9.80. The molecular weight excluding hydrogens is 194 g/mol. The van der Waals surface area contributed by atoms with Gasteiger partial charge < -0.3 is 10.2 Å². The molecule has 0 aliphatic carbocycles. The van der Waals surface area contributed by atoms with Gasteiger partial charge in [-0.3, -0.25) is 14.9 Å². The van der Waals surface area contributed by atoms with E-state index in [0.717, 1.165) is 6.42 Å². The van der Waals surface area contributed by atoms with Crippen LogP contribution in [0.4, 0.5) is 0 Å². The van der Waals surface area contributed by atoms with Gasteiger partial charge in [-0.15, -0.1) is 0 Å². The Labute approximate surface area is 91.2 Å². The maximum absolute atomic E-state index is 11.3. The van der Waals surface area contributed by atoms with Crippen LogP contribution in [0.1, 0.15) is 20.3 Å². The summed E-state index contributed by atoms with van der Waals surface area (Å²) in [7, 11) is 1.74. The Bertz CT molecular complexity index is 207. The lowest BCUT2D eigenvalue weighted by atomic mass is 10.4. The van der Waals surface area contributed by atoms with Crippen molar-refractivity contribution in [3.63, 3.8) is 0 Å². The lowest BCUT2D eigenvalue weighted by Crippen LogP contribution is -2.40. The standard InChI is InChI=1S/C10H21N3O2/c1-4-6-12-9(14)7-11-8-10(15)13(3)5-2/h11H,4-8H2,1-3H3,(H,12,14). The summed E-state index contributed by atoms with van der Waals surface area (Å²) >= 11 is 0. The van der Waals surface area contributed by atoms with E-state index in [4.69, 9.17) is 0 Å². The Morgan fingerprint density at radius 2 is 1.87 bits per heavy atom. The fourth-order valence-electron chi connectivity index (χ4n) is 0.921. The van der Waals surface area contributed by atoms with Crippen molar-refractivity contribution >= 4 is 11.8 Å². The number of rotatable bonds is 7. The highest BCUT2D eigenvalue weighted by Gasteiger charge is 2.06. The number of likely N-dealkylation sites (N-methyl/N-ethyl adjacent to an activating group) is 1. The van der Waals surface area contributed by atoms with Crippen LogP contribution < -0.4 is 10.6 Å². The highest BCUT2D eigenvalue weighted by Crippen LogP contribution is 1.81. The molecule has 0 aromatic heterocycles. The third-order valence-electron chi connectivity index (χ3n) is 2.03. The van der Waals surface area contributed by atoms with E-state index in [2.05, 4.69) is 10.6 Å². The first-order valence-electron chi connectivity index (χ1n) is 5.33. The van der Waals surface area contributed by atoms with Crippen molar-refractivity contribution in [1.29, 1.82) is 0 Å². The topological polar surface area (TPSA) is 61.4 Å². The molecule has 5 nitrogen and oxygen atoms in total. The summed E-state index contributed by atoms with van der Waals surface area (Å²) in [5.74, 6) is -0.0652. The van der Waals surface area contributed by atoms with Crippen LogP contribution in [0.3, 0.4) is 0 Å². The van der Waals surface area contributed by atoms with Crippen molar-refractivity contribution in [3.8, 4) is 0 Å². The molecule has 0 atom stereocenters. The highest BCUT2D eigenvalue weighted by atomic mass is 16.2. The maximum atomic E-state index is 11.3. The molecule has 5 heteroatoms. The number of carbonyl (C=O) groups is 2. The van der Waals surface area contributed by atoms with Gasteiger partial charge in [0.05, 0.1) is 13.1 Å². The van der Waals surface area contributed by atoms with E-state index in [0.29, 0.717) is 13.1 Å². The van der Waals surface area contributed by atoms with E-state index >= 15 is 0 Å². The average molecular weight is 215 g/mol. The summed E-state index contributed by atoms with van der Waals surface area (Å²) in [6, 6.07) is 0. The zero-order valence-electron chi connectivity index (χ0n) is 9.80. The molecule has 15 heavy (non-hydrogen) atoms. The van der Waals surface area contributed by atoms with Crippen molar-refractivity contribution < 1.29 is 9.59 Å². The lowest BCUT2D eigenvalue weighted by Gasteiger charge is -2.14. The molecule has 0 saturated heterocycles. The SMILES string of the molecule is CCCNC(=O)CNCC(=O)N(C)CC. The number of amides is 2. The van der Waals surface area contributed by atoms with Crippen LogP contribution in [0.15, 0.2) is 0 Å². The molecule has 0 fully saturated rings. The van der Waals surface area contributed by atoms with Gasteiger partial charge in [-0.05, 0) is 13.3 Å². The first-order chi connectivity index (χ1) is 7.11. The minimum absolute atomic E-state index is 0.000733. The third kappa shape index (κ3) is 6.90. The molecule has 0 saturated carbocycles. The first-order valence-corrected chi connectivity index (χ1v) is 5.33. The second-order valence-electron chi connectivity index (χ2n) is 3.36. The van der Waals surface area contributed by atoms with Crippen molar-refractivity contribution in [2.75, 3.05) is 33.2 Å². The van der Waals surface area contributed by atoms with Crippen LogP contribution in [-0.2, 0) is 9.59 Å². The second kappa shape index (κ2) is 8.23. The fraction of sp³-hybridized carbons (Fsp3) is 0.800. The van der Waals surface area contributed by atoms with Crippen LogP contribution in [0, 0.1) is 0 Å². The van der Waals surface area contributed by atoms with Gasteiger partial charge in [0, 0.05) is 20.1 Å². The van der Waals surface area contributed by atoms with E-state index in [1.165, 1.54) is 0 Å². The maximum Gasteiger partial charge on any atom is 0.236 e. The molecule has 0 aliphatic heterocycles. The Kier molecular flexibility index (Phi) is 7.62. The number of hydrogen-bond acceptors (Lipinski definition) is 3. The summed E-state index contributed by atoms with van der Waals surface area (Å²) in [5.41, 5.74) is 0. The van der Waals surface area contributed by atoms with Crippen molar-refractivity contribution in [2.45, 2.75) is 20.3 Å². The number of carbonyl (C=O) groups excluding carboxylic acids is 2. The fourth-order valence-corrected chi connectivity index (χ4v) is 0.921. The number of hydrogen-bond donors (Lipinski definition) is 2. The smallest absolute Gasteiger partial charge is 0.236 e. The predicted octanol–water partition coefficient (Wildman–Crippen LogP) is -0.419. The Morgan fingerprint density at radius 1 is 1.20 bits per heavy atom. The van der Waals surface area contributed by atoms with Crippen LogP contribution in [-0.4, -0.2) is 49.9 Å². The first kappa shape index (κ1) is 13.9. The third-order valence-corrected chi connectivity index (χ3v) is 2.03. The highest BCUT2D eigenvalue weighted by molar-refractivity contribution is 5.80. The molecule has 0 heterocycles. The number of nitrogens with zero attached hydrogens (tertiary/aromatic N) is 1. The molecule has 88 valence electrons. The summed E-state index contributed by atoms with van der Waals surface area (Å²) in [4.78, 5) is 24.0. The van der Waals surface area contributed by atoms with Crippen molar-refractivity contribution in [3.05, 3.63) is 0 Å².